The van der Waals surface area contributed by atoms with Crippen LogP contribution in [0.25, 0.3) is 11.4 Å². The Morgan fingerprint density at radius 1 is 1.00 bits per heavy atom. The van der Waals surface area contributed by atoms with E-state index in [-0.39, 0.29) is 11.6 Å². The summed E-state index contributed by atoms with van der Waals surface area (Å²) in [6.45, 7) is 1.75. The van der Waals surface area contributed by atoms with E-state index in [1.165, 1.54) is 15.8 Å². The minimum absolute atomic E-state index is 0.265. The number of nitrogens with one attached hydrogen (secondary N) is 1. The zero-order valence-electron chi connectivity index (χ0n) is 13.8. The number of hydrogen-bond donors (Lipinski definition) is 1. The summed E-state index contributed by atoms with van der Waals surface area (Å²) < 4.78 is 1.51. The van der Waals surface area contributed by atoms with Gasteiger partial charge in [-0.3, -0.25) is 4.79 Å². The lowest BCUT2D eigenvalue weighted by Crippen LogP contribution is -2.14. The van der Waals surface area contributed by atoms with Crippen LogP contribution in [-0.2, 0) is 0 Å². The van der Waals surface area contributed by atoms with Crippen LogP contribution in [-0.4, -0.2) is 41.1 Å². The summed E-state index contributed by atoms with van der Waals surface area (Å²) >= 11 is 0. The van der Waals surface area contributed by atoms with Gasteiger partial charge in [0.25, 0.3) is 5.91 Å². The average Bonchev–Trinajstić information content (AvgIpc) is 3.32. The van der Waals surface area contributed by atoms with E-state index in [1.807, 2.05) is 36.4 Å². The summed E-state index contributed by atoms with van der Waals surface area (Å²) in [5.74, 6) is -0.335. The first-order valence-electron chi connectivity index (χ1n) is 7.85. The molecule has 0 aliphatic carbocycles. The molecular weight excluding hydrogens is 332 g/mol. The molecule has 4 rings (SSSR count). The minimum atomic E-state index is -0.335. The van der Waals surface area contributed by atoms with Gasteiger partial charge < -0.3 is 5.32 Å². The highest BCUT2D eigenvalue weighted by molar-refractivity contribution is 6.03. The molecule has 0 saturated carbocycles. The van der Waals surface area contributed by atoms with Gasteiger partial charge in [0.15, 0.2) is 5.69 Å². The predicted octanol–water partition coefficient (Wildman–Crippen LogP) is 1.80. The number of aryl methyl sites for hydroxylation is 1. The molecule has 0 radical (unpaired) electrons. The van der Waals surface area contributed by atoms with Crippen LogP contribution in [0.5, 0.6) is 0 Å². The number of benzene rings is 2. The van der Waals surface area contributed by atoms with Gasteiger partial charge in [-0.25, -0.2) is 4.68 Å². The summed E-state index contributed by atoms with van der Waals surface area (Å²) in [6, 6.07) is 16.6. The minimum Gasteiger partial charge on any atom is -0.320 e. The normalized spacial score (nSPS) is 10.7. The van der Waals surface area contributed by atoms with Gasteiger partial charge in [0.2, 0.25) is 0 Å². The highest BCUT2D eigenvalue weighted by Gasteiger charge is 2.16. The highest BCUT2D eigenvalue weighted by atomic mass is 16.2. The lowest BCUT2D eigenvalue weighted by Gasteiger charge is -2.05. The van der Waals surface area contributed by atoms with E-state index < -0.39 is 0 Å². The van der Waals surface area contributed by atoms with Gasteiger partial charge in [0, 0.05) is 5.69 Å². The van der Waals surface area contributed by atoms with Crippen molar-refractivity contribution in [2.75, 3.05) is 5.32 Å². The van der Waals surface area contributed by atoms with Crippen molar-refractivity contribution in [3.8, 4) is 11.4 Å². The Kier molecular flexibility index (Phi) is 3.94. The summed E-state index contributed by atoms with van der Waals surface area (Å²) in [7, 11) is 0. The third kappa shape index (κ3) is 3.05. The predicted molar refractivity (Wildman–Crippen MR) is 93.2 cm³/mol. The number of rotatable bonds is 4. The largest absolute Gasteiger partial charge is 0.320 e. The van der Waals surface area contributed by atoms with Crippen LogP contribution in [0.2, 0.25) is 0 Å². The molecule has 1 amide bonds. The maximum absolute atomic E-state index is 12.6. The SMILES string of the molecule is Cc1nn(-c2ccccc2)nc1C(=O)Nc1cccc(-n2cnnn2)c1. The average molecular weight is 346 g/mol. The van der Waals surface area contributed by atoms with Gasteiger partial charge in [-0.15, -0.1) is 10.2 Å². The van der Waals surface area contributed by atoms with E-state index in [0.29, 0.717) is 11.4 Å². The van der Waals surface area contributed by atoms with Gasteiger partial charge in [0.05, 0.1) is 17.1 Å². The molecule has 4 aromatic rings. The molecule has 0 saturated heterocycles. The Labute approximate surface area is 148 Å². The van der Waals surface area contributed by atoms with Crippen molar-refractivity contribution < 1.29 is 4.79 Å². The second-order valence-electron chi connectivity index (χ2n) is 5.52. The van der Waals surface area contributed by atoms with E-state index in [2.05, 4.69) is 31.0 Å². The first kappa shape index (κ1) is 15.6. The topological polar surface area (TPSA) is 103 Å². The third-order valence-corrected chi connectivity index (χ3v) is 3.70. The maximum atomic E-state index is 12.6. The van der Waals surface area contributed by atoms with Crippen molar-refractivity contribution in [2.45, 2.75) is 6.92 Å². The second-order valence-corrected chi connectivity index (χ2v) is 5.52. The number of hydrogen-bond acceptors (Lipinski definition) is 6. The van der Waals surface area contributed by atoms with Gasteiger partial charge in [0.1, 0.15) is 6.33 Å². The number of anilines is 1. The van der Waals surface area contributed by atoms with Crippen molar-refractivity contribution in [1.82, 2.24) is 35.2 Å². The molecule has 128 valence electrons. The highest BCUT2D eigenvalue weighted by Crippen LogP contribution is 2.15. The van der Waals surface area contributed by atoms with E-state index in [1.54, 1.807) is 25.1 Å². The molecular formula is C17H14N8O. The molecule has 2 heterocycles. The van der Waals surface area contributed by atoms with Gasteiger partial charge >= 0.3 is 0 Å². The first-order chi connectivity index (χ1) is 12.7. The summed E-state index contributed by atoms with van der Waals surface area (Å²) in [5, 5.41) is 22.5. The quantitative estimate of drug-likeness (QED) is 0.604. The lowest BCUT2D eigenvalue weighted by molar-refractivity contribution is 0.102. The van der Waals surface area contributed by atoms with Crippen molar-refractivity contribution in [3.05, 3.63) is 72.3 Å². The Morgan fingerprint density at radius 3 is 2.58 bits per heavy atom. The summed E-state index contributed by atoms with van der Waals surface area (Å²) in [5.41, 5.74) is 2.94. The molecule has 0 aliphatic heterocycles. The lowest BCUT2D eigenvalue weighted by atomic mass is 10.2. The molecule has 26 heavy (non-hydrogen) atoms. The molecule has 0 atom stereocenters. The van der Waals surface area contributed by atoms with Gasteiger partial charge in [-0.05, 0) is 47.7 Å². The standard InChI is InChI=1S/C17H14N8O/c1-12-16(21-25(20-12)14-7-3-2-4-8-14)17(26)19-13-6-5-9-15(10-13)24-11-18-22-23-24/h2-11H,1H3,(H,19,26). The Morgan fingerprint density at radius 2 is 1.81 bits per heavy atom. The summed E-state index contributed by atoms with van der Waals surface area (Å²) in [6.07, 6.45) is 1.48. The molecule has 0 fully saturated rings. The molecule has 0 aliphatic rings. The van der Waals surface area contributed by atoms with Crippen LogP contribution < -0.4 is 5.32 Å². The number of nitrogens with zero attached hydrogens (tertiary/aromatic N) is 7. The van der Waals surface area contributed by atoms with Crippen molar-refractivity contribution in [2.24, 2.45) is 0 Å². The van der Waals surface area contributed by atoms with E-state index in [4.69, 9.17) is 0 Å². The molecule has 0 unspecified atom stereocenters. The van der Waals surface area contributed by atoms with E-state index in [9.17, 15) is 4.79 Å². The second kappa shape index (κ2) is 6.55. The van der Waals surface area contributed by atoms with Crippen molar-refractivity contribution in [3.63, 3.8) is 0 Å². The van der Waals surface area contributed by atoms with Crippen LogP contribution in [0.4, 0.5) is 5.69 Å². The zero-order valence-corrected chi connectivity index (χ0v) is 13.8. The number of carbonyl (C=O) groups excluding carboxylic acids is 1. The van der Waals surface area contributed by atoms with Crippen LogP contribution in [0.3, 0.4) is 0 Å². The molecule has 2 aromatic carbocycles. The van der Waals surface area contributed by atoms with Crippen molar-refractivity contribution in [1.29, 1.82) is 0 Å². The first-order valence-corrected chi connectivity index (χ1v) is 7.85. The third-order valence-electron chi connectivity index (χ3n) is 3.70. The number of amides is 1. The van der Waals surface area contributed by atoms with Crippen LogP contribution in [0.15, 0.2) is 60.9 Å². The van der Waals surface area contributed by atoms with Crippen LogP contribution in [0.1, 0.15) is 16.2 Å². The van der Waals surface area contributed by atoms with Crippen molar-refractivity contribution >= 4 is 11.6 Å². The van der Waals surface area contributed by atoms with Crippen LogP contribution in [0, 0.1) is 6.92 Å². The van der Waals surface area contributed by atoms with Gasteiger partial charge in [-0.2, -0.15) is 9.90 Å². The smallest absolute Gasteiger partial charge is 0.278 e. The zero-order chi connectivity index (χ0) is 17.9. The maximum Gasteiger partial charge on any atom is 0.278 e. The Balaban J connectivity index is 1.58. The number of para-hydroxylation sites is 1. The number of tetrazole rings is 1. The van der Waals surface area contributed by atoms with E-state index in [0.717, 1.165) is 11.4 Å². The molecule has 0 bridgehead atoms. The van der Waals surface area contributed by atoms with Crippen LogP contribution >= 0.6 is 0 Å². The molecule has 9 heteroatoms. The number of aromatic nitrogens is 7. The monoisotopic (exact) mass is 346 g/mol. The fraction of sp³-hybridized carbons (Fsp3) is 0.0588. The fourth-order valence-electron chi connectivity index (χ4n) is 2.46. The van der Waals surface area contributed by atoms with E-state index >= 15 is 0 Å². The Bertz CT molecular complexity index is 1040. The molecule has 2 aromatic heterocycles. The fourth-order valence-corrected chi connectivity index (χ4v) is 2.46. The number of carbonyl (C=O) groups is 1. The molecule has 1 N–H and O–H groups in total. The molecule has 0 spiro atoms. The Hall–Kier alpha value is -3.88. The summed E-state index contributed by atoms with van der Waals surface area (Å²) in [4.78, 5) is 14.0. The van der Waals surface area contributed by atoms with Gasteiger partial charge in [-0.1, -0.05) is 24.3 Å². The molecule has 9 nitrogen and oxygen atoms in total.